The summed E-state index contributed by atoms with van der Waals surface area (Å²) in [6.45, 7) is 6.40. The number of alkyl halides is 1. The predicted octanol–water partition coefficient (Wildman–Crippen LogP) is 1.82. The first kappa shape index (κ1) is 14.2. The van der Waals surface area contributed by atoms with Crippen molar-refractivity contribution < 1.29 is 9.12 Å². The molecule has 1 unspecified atom stereocenters. The minimum Gasteiger partial charge on any atom is -0.711 e. The number of halogens is 1. The van der Waals surface area contributed by atoms with Gasteiger partial charge in [-0.3, -0.25) is 0 Å². The zero-order valence-electron chi connectivity index (χ0n) is 11.8. The second-order valence-corrected chi connectivity index (χ2v) is 4.91. The van der Waals surface area contributed by atoms with Gasteiger partial charge in [0.2, 0.25) is 0 Å². The van der Waals surface area contributed by atoms with Crippen LogP contribution in [-0.4, -0.2) is 9.78 Å². The highest BCUT2D eigenvalue weighted by Crippen LogP contribution is 2.17. The van der Waals surface area contributed by atoms with E-state index in [0.29, 0.717) is 10.3 Å². The largest absolute Gasteiger partial charge is 0.711 e. The van der Waals surface area contributed by atoms with Gasteiger partial charge in [0.25, 0.3) is 0 Å². The molecule has 2 heterocycles. The smallest absolute Gasteiger partial charge is 0.362 e. The van der Waals surface area contributed by atoms with Gasteiger partial charge in [-0.25, -0.2) is 13.9 Å². The highest BCUT2D eigenvalue weighted by Gasteiger charge is 2.21. The van der Waals surface area contributed by atoms with Crippen LogP contribution in [-0.2, 0) is 0 Å². The fourth-order valence-electron chi connectivity index (χ4n) is 2.23. The molecule has 0 fully saturated rings. The number of hydrogen-bond acceptors (Lipinski definition) is 3. The van der Waals surface area contributed by atoms with Crippen molar-refractivity contribution in [3.05, 3.63) is 56.3 Å². The molecule has 0 saturated heterocycles. The average molecular weight is 277 g/mol. The van der Waals surface area contributed by atoms with Gasteiger partial charge < -0.3 is 5.21 Å². The summed E-state index contributed by atoms with van der Waals surface area (Å²) >= 11 is 0. The molecule has 6 heteroatoms. The standard InChI is InChI=1S/C14H16FN3O2/c1-8-5-9(2)13(17(20)7-8)18-14(19)10(3)12(6-16-18)11(4)15/h5-7,11H,1-4H3. The second kappa shape index (κ2) is 5.03. The van der Waals surface area contributed by atoms with Crippen LogP contribution >= 0.6 is 0 Å². The third-order valence-corrected chi connectivity index (χ3v) is 3.21. The first-order chi connectivity index (χ1) is 9.32. The summed E-state index contributed by atoms with van der Waals surface area (Å²) in [5.74, 6) is 0.141. The van der Waals surface area contributed by atoms with E-state index >= 15 is 0 Å². The molecule has 0 radical (unpaired) electrons. The fourth-order valence-corrected chi connectivity index (χ4v) is 2.23. The lowest BCUT2D eigenvalue weighted by Crippen LogP contribution is -2.39. The molecule has 0 aliphatic heterocycles. The van der Waals surface area contributed by atoms with Crippen molar-refractivity contribution in [1.82, 2.24) is 9.78 Å². The maximum Gasteiger partial charge on any atom is 0.362 e. The van der Waals surface area contributed by atoms with E-state index in [9.17, 15) is 14.4 Å². The molecule has 0 bridgehead atoms. The van der Waals surface area contributed by atoms with Crippen LogP contribution in [0, 0.1) is 26.0 Å². The number of pyridine rings is 1. The lowest BCUT2D eigenvalue weighted by atomic mass is 10.1. The summed E-state index contributed by atoms with van der Waals surface area (Å²) in [6, 6.07) is 1.79. The zero-order valence-corrected chi connectivity index (χ0v) is 11.8. The summed E-state index contributed by atoms with van der Waals surface area (Å²) in [5.41, 5.74) is 1.45. The van der Waals surface area contributed by atoms with E-state index in [4.69, 9.17) is 0 Å². The summed E-state index contributed by atoms with van der Waals surface area (Å²) in [5, 5.41) is 15.9. The van der Waals surface area contributed by atoms with Crippen molar-refractivity contribution in [1.29, 1.82) is 0 Å². The summed E-state index contributed by atoms with van der Waals surface area (Å²) in [4.78, 5) is 12.3. The van der Waals surface area contributed by atoms with Crippen molar-refractivity contribution in [3.8, 4) is 5.82 Å². The Morgan fingerprint density at radius 1 is 1.40 bits per heavy atom. The molecule has 5 nitrogen and oxygen atoms in total. The number of rotatable bonds is 2. The Morgan fingerprint density at radius 2 is 2.05 bits per heavy atom. The lowest BCUT2D eigenvalue weighted by Gasteiger charge is -2.12. The molecule has 106 valence electrons. The minimum absolute atomic E-state index is 0.141. The van der Waals surface area contributed by atoms with Gasteiger partial charge in [-0.05, 0) is 39.3 Å². The van der Waals surface area contributed by atoms with Gasteiger partial charge >= 0.3 is 11.4 Å². The van der Waals surface area contributed by atoms with Crippen molar-refractivity contribution in [2.75, 3.05) is 0 Å². The van der Waals surface area contributed by atoms with Crippen LogP contribution in [0.4, 0.5) is 4.39 Å². The van der Waals surface area contributed by atoms with Gasteiger partial charge in [0.05, 0.1) is 12.4 Å². The molecule has 0 aromatic carbocycles. The van der Waals surface area contributed by atoms with E-state index in [-0.39, 0.29) is 16.9 Å². The number of aryl methyl sites for hydroxylation is 2. The van der Waals surface area contributed by atoms with Gasteiger partial charge in [0.15, 0.2) is 0 Å². The van der Waals surface area contributed by atoms with E-state index in [0.717, 1.165) is 10.2 Å². The molecule has 20 heavy (non-hydrogen) atoms. The Hall–Kier alpha value is -2.24. The number of aromatic nitrogens is 3. The topological polar surface area (TPSA) is 61.8 Å². The van der Waals surface area contributed by atoms with Crippen LogP contribution in [0.2, 0.25) is 0 Å². The predicted molar refractivity (Wildman–Crippen MR) is 72.5 cm³/mol. The first-order valence-electron chi connectivity index (χ1n) is 6.26. The molecule has 1 atom stereocenters. The van der Waals surface area contributed by atoms with Crippen LogP contribution in [0.15, 0.2) is 23.3 Å². The van der Waals surface area contributed by atoms with Gasteiger partial charge in [-0.15, -0.1) is 0 Å². The fraction of sp³-hybridized carbons (Fsp3) is 0.357. The van der Waals surface area contributed by atoms with Crippen LogP contribution in [0.25, 0.3) is 5.82 Å². The van der Waals surface area contributed by atoms with Gasteiger partial charge in [0, 0.05) is 16.7 Å². The van der Waals surface area contributed by atoms with Crippen molar-refractivity contribution in [2.24, 2.45) is 0 Å². The highest BCUT2D eigenvalue weighted by atomic mass is 19.1. The molecular formula is C14H16FN3O2. The first-order valence-corrected chi connectivity index (χ1v) is 6.26. The van der Waals surface area contributed by atoms with Crippen LogP contribution < -0.4 is 10.3 Å². The van der Waals surface area contributed by atoms with Crippen LogP contribution in [0.3, 0.4) is 0 Å². The van der Waals surface area contributed by atoms with Crippen molar-refractivity contribution >= 4 is 0 Å². The third-order valence-electron chi connectivity index (χ3n) is 3.21. The quantitative estimate of drug-likeness (QED) is 0.621. The normalized spacial score (nSPS) is 12.4. The molecule has 0 spiro atoms. The van der Waals surface area contributed by atoms with Crippen LogP contribution in [0.5, 0.6) is 0 Å². The number of nitrogens with zero attached hydrogens (tertiary/aromatic N) is 3. The Bertz CT molecular complexity index is 700. The maximum atomic E-state index is 13.4. The zero-order chi connectivity index (χ0) is 15.0. The summed E-state index contributed by atoms with van der Waals surface area (Å²) in [7, 11) is 0. The monoisotopic (exact) mass is 277 g/mol. The molecule has 0 N–H and O–H groups in total. The average Bonchev–Trinajstić information content (AvgIpc) is 2.32. The van der Waals surface area contributed by atoms with Gasteiger partial charge in [-0.2, -0.15) is 0 Å². The Labute approximate surface area is 115 Å². The summed E-state index contributed by atoms with van der Waals surface area (Å²) < 4.78 is 15.0. The lowest BCUT2D eigenvalue weighted by molar-refractivity contribution is -0.601. The van der Waals surface area contributed by atoms with E-state index in [1.165, 1.54) is 26.2 Å². The third kappa shape index (κ3) is 2.29. The molecule has 2 rings (SSSR count). The van der Waals surface area contributed by atoms with Crippen LogP contribution in [0.1, 0.15) is 35.3 Å². The molecule has 2 aromatic rings. The van der Waals surface area contributed by atoms with Gasteiger partial charge in [-0.1, -0.05) is 9.78 Å². The molecule has 0 saturated carbocycles. The Balaban J connectivity index is 2.73. The van der Waals surface area contributed by atoms with Gasteiger partial charge in [0.1, 0.15) is 6.17 Å². The highest BCUT2D eigenvalue weighted by molar-refractivity contribution is 5.32. The van der Waals surface area contributed by atoms with Crippen molar-refractivity contribution in [2.45, 2.75) is 33.9 Å². The SMILES string of the molecule is Cc1cc(C)c(-n2ncc(C(C)F)c(C)c2=O)[n+]([O-])c1. The van der Waals surface area contributed by atoms with E-state index < -0.39 is 11.7 Å². The molecule has 2 aromatic heterocycles. The van der Waals surface area contributed by atoms with E-state index in [2.05, 4.69) is 5.10 Å². The molecule has 0 aliphatic carbocycles. The van der Waals surface area contributed by atoms with E-state index in [1.807, 2.05) is 0 Å². The number of hydrogen-bond donors (Lipinski definition) is 0. The van der Waals surface area contributed by atoms with Crippen molar-refractivity contribution in [3.63, 3.8) is 0 Å². The molecular weight excluding hydrogens is 261 g/mol. The maximum absolute atomic E-state index is 13.4. The summed E-state index contributed by atoms with van der Waals surface area (Å²) in [6.07, 6.45) is 1.39. The molecule has 0 aliphatic rings. The second-order valence-electron chi connectivity index (χ2n) is 4.91. The van der Waals surface area contributed by atoms with E-state index in [1.54, 1.807) is 19.9 Å². The Kier molecular flexibility index (Phi) is 3.57. The molecule has 0 amide bonds. The Morgan fingerprint density at radius 3 is 2.60 bits per heavy atom. The minimum atomic E-state index is -1.27.